The van der Waals surface area contributed by atoms with E-state index in [1.165, 1.54) is 25.3 Å². The number of nitro benzene ring substituents is 1. The maximum atomic E-state index is 12.0. The van der Waals surface area contributed by atoms with Crippen molar-refractivity contribution in [3.63, 3.8) is 0 Å². The first-order valence-corrected chi connectivity index (χ1v) is 8.32. The highest BCUT2D eigenvalue weighted by atomic mass is 79.9. The van der Waals surface area contributed by atoms with E-state index in [2.05, 4.69) is 21.2 Å². The smallest absolute Gasteiger partial charge is 0.331 e. The Kier molecular flexibility index (Phi) is 6.72. The molecular formula is C17H15BrN2O7. The summed E-state index contributed by atoms with van der Waals surface area (Å²) in [4.78, 5) is 34.0. The maximum Gasteiger partial charge on any atom is 0.331 e. The molecule has 0 radical (unpaired) electrons. The van der Waals surface area contributed by atoms with Crippen LogP contribution in [0.15, 0.2) is 39.4 Å². The van der Waals surface area contributed by atoms with Crippen molar-refractivity contribution in [2.24, 2.45) is 0 Å². The Bertz CT molecular complexity index is 905. The van der Waals surface area contributed by atoms with Gasteiger partial charge in [-0.15, -0.1) is 0 Å². The molecule has 2 rings (SSSR count). The molecule has 1 heterocycles. The molecule has 0 saturated carbocycles. The van der Waals surface area contributed by atoms with Gasteiger partial charge in [0.1, 0.15) is 5.76 Å². The van der Waals surface area contributed by atoms with Gasteiger partial charge in [-0.1, -0.05) is 0 Å². The number of anilines is 1. The van der Waals surface area contributed by atoms with Gasteiger partial charge < -0.3 is 19.2 Å². The molecule has 0 saturated heterocycles. The summed E-state index contributed by atoms with van der Waals surface area (Å²) in [5.74, 6) is -0.880. The number of carbonyl (C=O) groups is 2. The maximum absolute atomic E-state index is 12.0. The van der Waals surface area contributed by atoms with Crippen molar-refractivity contribution in [1.82, 2.24) is 0 Å². The first kappa shape index (κ1) is 20.2. The van der Waals surface area contributed by atoms with Crippen LogP contribution < -0.4 is 10.1 Å². The number of furan rings is 1. The number of nitro groups is 1. The zero-order valence-electron chi connectivity index (χ0n) is 14.4. The van der Waals surface area contributed by atoms with Crippen LogP contribution in [0.2, 0.25) is 0 Å². The lowest BCUT2D eigenvalue weighted by atomic mass is 10.1. The average Bonchev–Trinajstić information content (AvgIpc) is 3.04. The van der Waals surface area contributed by atoms with Crippen LogP contribution in [0.4, 0.5) is 11.4 Å². The molecule has 142 valence electrons. The Balaban J connectivity index is 1.94. The van der Waals surface area contributed by atoms with Gasteiger partial charge in [-0.2, -0.15) is 0 Å². The second-order valence-corrected chi connectivity index (χ2v) is 6.01. The van der Waals surface area contributed by atoms with Crippen molar-refractivity contribution in [2.75, 3.05) is 19.0 Å². The number of halogens is 1. The summed E-state index contributed by atoms with van der Waals surface area (Å²) < 4.78 is 15.5. The number of esters is 1. The summed E-state index contributed by atoms with van der Waals surface area (Å²) in [6.07, 6.45) is 2.52. The van der Waals surface area contributed by atoms with Crippen LogP contribution in [0.25, 0.3) is 6.08 Å². The first-order chi connectivity index (χ1) is 12.8. The van der Waals surface area contributed by atoms with Crippen LogP contribution >= 0.6 is 15.9 Å². The number of aryl methyl sites for hydroxylation is 1. The van der Waals surface area contributed by atoms with Crippen LogP contribution in [0.3, 0.4) is 0 Å². The lowest BCUT2D eigenvalue weighted by molar-refractivity contribution is -0.385. The molecule has 1 amide bonds. The van der Waals surface area contributed by atoms with Gasteiger partial charge in [0.25, 0.3) is 5.91 Å². The van der Waals surface area contributed by atoms with Crippen molar-refractivity contribution >= 4 is 45.3 Å². The van der Waals surface area contributed by atoms with Crippen molar-refractivity contribution in [3.05, 3.63) is 56.4 Å². The number of benzene rings is 1. The number of rotatable bonds is 7. The third-order valence-corrected chi connectivity index (χ3v) is 3.75. The molecule has 1 aromatic carbocycles. The van der Waals surface area contributed by atoms with E-state index in [1.54, 1.807) is 19.1 Å². The van der Waals surface area contributed by atoms with Gasteiger partial charge in [-0.05, 0) is 46.6 Å². The molecule has 0 atom stereocenters. The van der Waals surface area contributed by atoms with E-state index >= 15 is 0 Å². The molecule has 10 heteroatoms. The van der Waals surface area contributed by atoms with E-state index in [0.29, 0.717) is 21.7 Å². The molecule has 0 fully saturated rings. The minimum atomic E-state index is -0.726. The Morgan fingerprint density at radius 2 is 2.11 bits per heavy atom. The average molecular weight is 439 g/mol. The largest absolute Gasteiger partial charge is 0.490 e. The SMILES string of the molecule is COc1cc(NC(=O)COC(=O)C=Cc2ccc(Br)o2)c(C)cc1[N+](=O)[O-]. The molecule has 1 aromatic heterocycles. The third-order valence-electron chi connectivity index (χ3n) is 3.32. The summed E-state index contributed by atoms with van der Waals surface area (Å²) >= 11 is 3.13. The number of nitrogens with one attached hydrogen (secondary N) is 1. The highest BCUT2D eigenvalue weighted by Crippen LogP contribution is 2.32. The van der Waals surface area contributed by atoms with Crippen LogP contribution in [0, 0.1) is 17.0 Å². The lowest BCUT2D eigenvalue weighted by Gasteiger charge is -2.10. The zero-order valence-corrected chi connectivity index (χ0v) is 15.9. The highest BCUT2D eigenvalue weighted by Gasteiger charge is 2.18. The standard InChI is InChI=1S/C17H15BrN2O7/c1-10-7-13(20(23)24)14(25-2)8-12(10)19-16(21)9-26-17(22)6-4-11-3-5-15(18)27-11/h3-8H,9H2,1-2H3,(H,19,21). The number of hydrogen-bond acceptors (Lipinski definition) is 7. The number of ether oxygens (including phenoxy) is 2. The number of amides is 1. The Morgan fingerprint density at radius 1 is 1.37 bits per heavy atom. The third kappa shape index (κ3) is 5.68. The van der Waals surface area contributed by atoms with E-state index < -0.39 is 23.4 Å². The highest BCUT2D eigenvalue weighted by molar-refractivity contribution is 9.10. The van der Waals surface area contributed by atoms with E-state index in [1.807, 2.05) is 0 Å². The van der Waals surface area contributed by atoms with Gasteiger partial charge in [-0.25, -0.2) is 4.79 Å². The Hall–Kier alpha value is -3.14. The fraction of sp³-hybridized carbons (Fsp3) is 0.176. The molecule has 27 heavy (non-hydrogen) atoms. The van der Waals surface area contributed by atoms with Crippen LogP contribution in [0.5, 0.6) is 5.75 Å². The number of nitrogens with zero attached hydrogens (tertiary/aromatic N) is 1. The Labute approximate surface area is 162 Å². The quantitative estimate of drug-likeness (QED) is 0.304. The molecule has 9 nitrogen and oxygen atoms in total. The molecule has 0 unspecified atom stereocenters. The summed E-state index contributed by atoms with van der Waals surface area (Å²) in [5, 5.41) is 13.5. The van der Waals surface area contributed by atoms with Crippen LogP contribution in [-0.2, 0) is 14.3 Å². The molecule has 1 N–H and O–H groups in total. The van der Waals surface area contributed by atoms with Crippen molar-refractivity contribution in [2.45, 2.75) is 6.92 Å². The second kappa shape index (κ2) is 8.99. The van der Waals surface area contributed by atoms with E-state index in [0.717, 1.165) is 6.08 Å². The summed E-state index contributed by atoms with van der Waals surface area (Å²) in [6.45, 7) is 1.07. The van der Waals surface area contributed by atoms with Gasteiger partial charge in [0.2, 0.25) is 0 Å². The van der Waals surface area contributed by atoms with E-state index in [9.17, 15) is 19.7 Å². The van der Waals surface area contributed by atoms with Gasteiger partial charge in [0, 0.05) is 23.9 Å². The molecular weight excluding hydrogens is 424 g/mol. The topological polar surface area (TPSA) is 121 Å². The first-order valence-electron chi connectivity index (χ1n) is 7.53. The normalized spacial score (nSPS) is 10.6. The zero-order chi connectivity index (χ0) is 20.0. The van der Waals surface area contributed by atoms with Gasteiger partial charge in [0.15, 0.2) is 17.0 Å². The van der Waals surface area contributed by atoms with Gasteiger partial charge in [-0.3, -0.25) is 14.9 Å². The summed E-state index contributed by atoms with van der Waals surface area (Å²) in [7, 11) is 1.29. The Morgan fingerprint density at radius 3 is 2.70 bits per heavy atom. The van der Waals surface area contributed by atoms with Crippen LogP contribution in [0.1, 0.15) is 11.3 Å². The molecule has 2 aromatic rings. The number of carbonyl (C=O) groups excluding carboxylic acids is 2. The fourth-order valence-electron chi connectivity index (χ4n) is 2.05. The van der Waals surface area contributed by atoms with Gasteiger partial charge in [0.05, 0.1) is 12.0 Å². The predicted octanol–water partition coefficient (Wildman–Crippen LogP) is 3.46. The summed E-state index contributed by atoms with van der Waals surface area (Å²) in [6, 6.07) is 5.93. The molecule has 0 spiro atoms. The number of hydrogen-bond donors (Lipinski definition) is 1. The van der Waals surface area contributed by atoms with Crippen molar-refractivity contribution in [1.29, 1.82) is 0 Å². The molecule has 0 aliphatic carbocycles. The monoisotopic (exact) mass is 438 g/mol. The van der Waals surface area contributed by atoms with Crippen molar-refractivity contribution in [3.8, 4) is 5.75 Å². The second-order valence-electron chi connectivity index (χ2n) is 5.23. The fourth-order valence-corrected chi connectivity index (χ4v) is 2.37. The van der Waals surface area contributed by atoms with Gasteiger partial charge >= 0.3 is 11.7 Å². The van der Waals surface area contributed by atoms with E-state index in [-0.39, 0.29) is 11.4 Å². The number of methoxy groups -OCH3 is 1. The summed E-state index contributed by atoms with van der Waals surface area (Å²) in [5.41, 5.74) is 0.564. The van der Waals surface area contributed by atoms with Crippen LogP contribution in [-0.4, -0.2) is 30.5 Å². The van der Waals surface area contributed by atoms with Crippen molar-refractivity contribution < 1.29 is 28.4 Å². The van der Waals surface area contributed by atoms with E-state index in [4.69, 9.17) is 13.9 Å². The molecule has 0 bridgehead atoms. The minimum Gasteiger partial charge on any atom is -0.490 e. The minimum absolute atomic E-state index is 0.00503. The molecule has 0 aliphatic rings. The predicted molar refractivity (Wildman–Crippen MR) is 99.4 cm³/mol. The lowest BCUT2D eigenvalue weighted by Crippen LogP contribution is -2.20. The molecule has 0 aliphatic heterocycles.